The Morgan fingerprint density at radius 3 is 2.59 bits per heavy atom. The number of carbonyl (C=O) groups excluding carboxylic acids is 2. The smallest absolute Gasteiger partial charge is 0.410 e. The van der Waals surface area contributed by atoms with Crippen molar-refractivity contribution in [3.05, 3.63) is 42.1 Å². The molecule has 2 aliphatic rings. The number of benzene rings is 1. The van der Waals surface area contributed by atoms with Gasteiger partial charge in [0.1, 0.15) is 23.5 Å². The van der Waals surface area contributed by atoms with E-state index >= 15 is 0 Å². The van der Waals surface area contributed by atoms with Crippen molar-refractivity contribution in [3.63, 3.8) is 0 Å². The number of nitrogens with zero attached hydrogens (tertiary/aromatic N) is 5. The predicted molar refractivity (Wildman–Crippen MR) is 147 cm³/mol. The molecule has 2 fully saturated rings. The number of halogens is 1. The van der Waals surface area contributed by atoms with Crippen LogP contribution in [-0.4, -0.2) is 76.1 Å². The van der Waals surface area contributed by atoms with Gasteiger partial charge in [0.25, 0.3) is 5.91 Å². The van der Waals surface area contributed by atoms with Gasteiger partial charge < -0.3 is 24.2 Å². The summed E-state index contributed by atoms with van der Waals surface area (Å²) in [6.07, 6.45) is 5.32. The molecule has 0 saturated carbocycles. The summed E-state index contributed by atoms with van der Waals surface area (Å²) < 4.78 is 26.1. The molecule has 39 heavy (non-hydrogen) atoms. The van der Waals surface area contributed by atoms with Gasteiger partial charge in [-0.25, -0.2) is 19.2 Å². The number of hydrogen-bond acceptors (Lipinski definition) is 7. The van der Waals surface area contributed by atoms with Crippen molar-refractivity contribution in [3.8, 4) is 11.5 Å². The van der Waals surface area contributed by atoms with Crippen LogP contribution in [0.15, 0.2) is 30.7 Å². The number of anilines is 1. The van der Waals surface area contributed by atoms with E-state index in [1.54, 1.807) is 16.0 Å². The second-order valence-corrected chi connectivity index (χ2v) is 11.9. The van der Waals surface area contributed by atoms with Crippen LogP contribution in [0, 0.1) is 11.2 Å². The average molecular weight is 542 g/mol. The van der Waals surface area contributed by atoms with E-state index in [0.29, 0.717) is 37.7 Å². The van der Waals surface area contributed by atoms with Crippen molar-refractivity contribution in [1.82, 2.24) is 19.8 Å². The first kappa shape index (κ1) is 28.6. The van der Waals surface area contributed by atoms with Crippen LogP contribution in [0.25, 0.3) is 0 Å². The van der Waals surface area contributed by atoms with Crippen LogP contribution in [0.4, 0.5) is 15.0 Å². The maximum Gasteiger partial charge on any atom is 0.410 e. The highest BCUT2D eigenvalue weighted by Gasteiger charge is 2.46. The second-order valence-electron chi connectivity index (χ2n) is 11.9. The van der Waals surface area contributed by atoms with Crippen LogP contribution in [-0.2, 0) is 4.74 Å². The Kier molecular flexibility index (Phi) is 8.32. The molecule has 9 nitrogen and oxygen atoms in total. The van der Waals surface area contributed by atoms with Gasteiger partial charge in [-0.2, -0.15) is 0 Å². The number of ether oxygens (including phenoxy) is 2. The third-order valence-corrected chi connectivity index (χ3v) is 7.23. The Bertz CT molecular complexity index is 1200. The highest BCUT2D eigenvalue weighted by molar-refractivity contribution is 5.97. The summed E-state index contributed by atoms with van der Waals surface area (Å²) in [4.78, 5) is 40.4. The number of likely N-dealkylation sites (tertiary alicyclic amines) is 1. The summed E-state index contributed by atoms with van der Waals surface area (Å²) >= 11 is 0. The van der Waals surface area contributed by atoms with Crippen molar-refractivity contribution in [2.24, 2.45) is 5.41 Å². The Balaban J connectivity index is 1.54. The minimum Gasteiger partial charge on any atom is -0.451 e. The fourth-order valence-electron chi connectivity index (χ4n) is 5.35. The lowest BCUT2D eigenvalue weighted by molar-refractivity contribution is 0.0276. The van der Waals surface area contributed by atoms with Crippen LogP contribution in [0.1, 0.15) is 71.2 Å². The molecule has 10 heteroatoms. The lowest BCUT2D eigenvalue weighted by Gasteiger charge is -2.28. The molecule has 2 amide bonds. The van der Waals surface area contributed by atoms with Crippen LogP contribution >= 0.6 is 0 Å². The first-order valence-electron chi connectivity index (χ1n) is 13.7. The first-order chi connectivity index (χ1) is 18.4. The van der Waals surface area contributed by atoms with Crippen LogP contribution in [0.5, 0.6) is 11.5 Å². The zero-order valence-electron chi connectivity index (χ0n) is 23.9. The van der Waals surface area contributed by atoms with E-state index < -0.39 is 11.4 Å². The molecule has 0 bridgehead atoms. The van der Waals surface area contributed by atoms with Crippen molar-refractivity contribution < 1.29 is 23.5 Å². The summed E-state index contributed by atoms with van der Waals surface area (Å²) in [5.41, 5.74) is -0.437. The van der Waals surface area contributed by atoms with Crippen molar-refractivity contribution >= 4 is 17.8 Å². The van der Waals surface area contributed by atoms with Gasteiger partial charge in [-0.05, 0) is 72.1 Å². The molecule has 1 unspecified atom stereocenters. The molecule has 3 heterocycles. The molecule has 1 atom stereocenters. The van der Waals surface area contributed by atoms with Crippen LogP contribution in [0.3, 0.4) is 0 Å². The zero-order valence-corrected chi connectivity index (χ0v) is 23.9. The van der Waals surface area contributed by atoms with Crippen molar-refractivity contribution in [1.29, 1.82) is 0 Å². The lowest BCUT2D eigenvalue weighted by Crippen LogP contribution is -2.38. The summed E-state index contributed by atoms with van der Waals surface area (Å²) in [6.45, 7) is 14.8. The number of carbonyl (C=O) groups is 2. The molecule has 212 valence electrons. The number of aromatic nitrogens is 2. The molecule has 2 aromatic rings. The first-order valence-corrected chi connectivity index (χ1v) is 13.7. The molecule has 2 aliphatic heterocycles. The fourth-order valence-corrected chi connectivity index (χ4v) is 5.35. The molecular formula is C29H40FN5O4. The SMILES string of the molecule is CCCN(C(=O)c1cc(F)ccc1Oc1cncnc1N1CCC2(CCN(C(=O)OC(C)(C)C)C2)C1)C(C)C. The van der Waals surface area contributed by atoms with Gasteiger partial charge in [-0.15, -0.1) is 0 Å². The monoisotopic (exact) mass is 541 g/mol. The van der Waals surface area contributed by atoms with Gasteiger partial charge in [0.15, 0.2) is 11.6 Å². The van der Waals surface area contributed by atoms with E-state index in [2.05, 4.69) is 14.9 Å². The molecule has 1 spiro atoms. The summed E-state index contributed by atoms with van der Waals surface area (Å²) in [6, 6.07) is 3.94. The Labute approximate surface area is 230 Å². The Hall–Kier alpha value is -3.43. The van der Waals surface area contributed by atoms with E-state index in [9.17, 15) is 14.0 Å². The maximum atomic E-state index is 14.3. The summed E-state index contributed by atoms with van der Waals surface area (Å²) in [5.74, 6) is 0.462. The van der Waals surface area contributed by atoms with Gasteiger partial charge >= 0.3 is 6.09 Å². The number of amides is 2. The van der Waals surface area contributed by atoms with E-state index in [1.165, 1.54) is 24.5 Å². The molecule has 0 radical (unpaired) electrons. The standard InChI is InChI=1S/C29H40FN5O4/c1-7-12-35(20(2)3)26(36)22-15-21(30)8-9-23(22)38-24-16-31-19-32-25(24)33-13-10-29(17-33)11-14-34(18-29)27(37)39-28(4,5)6/h8-9,15-16,19-20H,7,10-14,17-18H2,1-6H3. The van der Waals surface area contributed by atoms with Gasteiger partial charge in [-0.3, -0.25) is 4.79 Å². The summed E-state index contributed by atoms with van der Waals surface area (Å²) in [7, 11) is 0. The van der Waals surface area contributed by atoms with Gasteiger partial charge in [0.2, 0.25) is 0 Å². The third kappa shape index (κ3) is 6.59. The predicted octanol–water partition coefficient (Wildman–Crippen LogP) is 5.51. The third-order valence-electron chi connectivity index (χ3n) is 7.23. The molecule has 1 aromatic heterocycles. The van der Waals surface area contributed by atoms with Crippen molar-refractivity contribution in [2.45, 2.75) is 72.4 Å². The summed E-state index contributed by atoms with van der Waals surface area (Å²) in [5, 5.41) is 0. The van der Waals surface area contributed by atoms with Gasteiger partial charge in [0, 0.05) is 44.2 Å². The minimum atomic E-state index is -0.537. The molecule has 0 aliphatic carbocycles. The average Bonchev–Trinajstić information content (AvgIpc) is 3.49. The fraction of sp³-hybridized carbons (Fsp3) is 0.586. The maximum absolute atomic E-state index is 14.3. The van der Waals surface area contributed by atoms with Crippen LogP contribution in [0.2, 0.25) is 0 Å². The molecular weight excluding hydrogens is 501 g/mol. The normalized spacial score (nSPS) is 19.2. The topological polar surface area (TPSA) is 88.1 Å². The highest BCUT2D eigenvalue weighted by Crippen LogP contribution is 2.43. The van der Waals surface area contributed by atoms with E-state index in [-0.39, 0.29) is 34.8 Å². The largest absolute Gasteiger partial charge is 0.451 e. The highest BCUT2D eigenvalue weighted by atomic mass is 19.1. The zero-order chi connectivity index (χ0) is 28.4. The van der Waals surface area contributed by atoms with E-state index in [1.807, 2.05) is 41.5 Å². The van der Waals surface area contributed by atoms with Crippen molar-refractivity contribution in [2.75, 3.05) is 37.6 Å². The number of hydrogen-bond donors (Lipinski definition) is 0. The second kappa shape index (κ2) is 11.4. The molecule has 0 N–H and O–H groups in total. The van der Waals surface area contributed by atoms with Gasteiger partial charge in [0.05, 0.1) is 11.8 Å². The Morgan fingerprint density at radius 2 is 1.90 bits per heavy atom. The number of rotatable bonds is 7. The molecule has 1 aromatic carbocycles. The van der Waals surface area contributed by atoms with E-state index in [0.717, 1.165) is 25.8 Å². The Morgan fingerprint density at radius 1 is 1.15 bits per heavy atom. The lowest BCUT2D eigenvalue weighted by atomic mass is 9.86. The molecule has 4 rings (SSSR count). The van der Waals surface area contributed by atoms with Gasteiger partial charge in [-0.1, -0.05) is 6.92 Å². The van der Waals surface area contributed by atoms with E-state index in [4.69, 9.17) is 9.47 Å². The minimum absolute atomic E-state index is 0.0448. The van der Waals surface area contributed by atoms with Crippen LogP contribution < -0.4 is 9.64 Å². The molecule has 2 saturated heterocycles. The quantitative estimate of drug-likeness (QED) is 0.457.